The number of likely N-dealkylation sites (tertiary alicyclic amines) is 1. The fraction of sp³-hybridized carbons (Fsp3) is 0.364. The Hall–Kier alpha value is -2.82. The molecule has 0 atom stereocenters. The predicted octanol–water partition coefficient (Wildman–Crippen LogP) is 3.49. The second-order valence-corrected chi connectivity index (χ2v) is 6.72. The molecule has 2 amide bonds. The van der Waals surface area contributed by atoms with Gasteiger partial charge in [0.25, 0.3) is 5.91 Å². The molecule has 1 N–H and O–H groups in total. The second kappa shape index (κ2) is 9.21. The number of carbonyl (C=O) groups excluding carboxylic acids is 2. The molecule has 3 rings (SSSR count). The van der Waals surface area contributed by atoms with E-state index in [2.05, 4.69) is 5.32 Å². The number of methoxy groups -OCH3 is 1. The Morgan fingerprint density at radius 2 is 1.85 bits per heavy atom. The maximum absolute atomic E-state index is 12.7. The third-order valence-electron chi connectivity index (χ3n) is 4.86. The number of nitrogens with one attached hydrogen (secondary N) is 1. The van der Waals surface area contributed by atoms with Crippen LogP contribution < -0.4 is 10.1 Å². The molecule has 1 aliphatic heterocycles. The summed E-state index contributed by atoms with van der Waals surface area (Å²) in [5.74, 6) is 0.823. The molecule has 0 radical (unpaired) electrons. The molecule has 0 unspecified atom stereocenters. The van der Waals surface area contributed by atoms with E-state index in [4.69, 9.17) is 4.74 Å². The standard InChI is InChI=1S/C22H26N2O3/c1-27-18-9-6-8-17(16-18)19-10-2-3-11-20(19)22(26)23-13-7-12-21(25)24-14-4-5-15-24/h2-3,6,8-11,16H,4-5,7,12-15H2,1H3,(H,23,26). The van der Waals surface area contributed by atoms with E-state index in [1.807, 2.05) is 53.4 Å². The van der Waals surface area contributed by atoms with Crippen molar-refractivity contribution in [2.75, 3.05) is 26.7 Å². The van der Waals surface area contributed by atoms with Crippen LogP contribution in [0.4, 0.5) is 0 Å². The fourth-order valence-electron chi connectivity index (χ4n) is 3.38. The Bertz CT molecular complexity index is 798. The maximum atomic E-state index is 12.7. The molecule has 142 valence electrons. The molecular weight excluding hydrogens is 340 g/mol. The van der Waals surface area contributed by atoms with Gasteiger partial charge in [-0.2, -0.15) is 0 Å². The van der Waals surface area contributed by atoms with Gasteiger partial charge in [-0.15, -0.1) is 0 Å². The average molecular weight is 366 g/mol. The van der Waals surface area contributed by atoms with Crippen LogP contribution in [0.5, 0.6) is 5.75 Å². The SMILES string of the molecule is COc1cccc(-c2ccccc2C(=O)NCCCC(=O)N2CCCC2)c1. The number of benzene rings is 2. The third kappa shape index (κ3) is 4.88. The first kappa shape index (κ1) is 19.0. The van der Waals surface area contributed by atoms with Crippen LogP contribution in [-0.4, -0.2) is 43.5 Å². The van der Waals surface area contributed by atoms with Crippen molar-refractivity contribution in [1.82, 2.24) is 10.2 Å². The average Bonchev–Trinajstić information content (AvgIpc) is 3.26. The highest BCUT2D eigenvalue weighted by Gasteiger charge is 2.17. The van der Waals surface area contributed by atoms with Crippen molar-refractivity contribution < 1.29 is 14.3 Å². The summed E-state index contributed by atoms with van der Waals surface area (Å²) in [6.07, 6.45) is 3.34. The molecule has 27 heavy (non-hydrogen) atoms. The number of ether oxygens (including phenoxy) is 1. The Labute approximate surface area is 160 Å². The van der Waals surface area contributed by atoms with Gasteiger partial charge in [-0.1, -0.05) is 30.3 Å². The number of amides is 2. The van der Waals surface area contributed by atoms with E-state index >= 15 is 0 Å². The van der Waals surface area contributed by atoms with Gasteiger partial charge in [0.15, 0.2) is 0 Å². The molecule has 0 aliphatic carbocycles. The first-order valence-corrected chi connectivity index (χ1v) is 9.48. The molecule has 1 fully saturated rings. The van der Waals surface area contributed by atoms with Crippen molar-refractivity contribution in [3.63, 3.8) is 0 Å². The van der Waals surface area contributed by atoms with Crippen LogP contribution >= 0.6 is 0 Å². The molecular formula is C22H26N2O3. The van der Waals surface area contributed by atoms with Gasteiger partial charge in [-0.05, 0) is 48.6 Å². The lowest BCUT2D eigenvalue weighted by Crippen LogP contribution is -2.29. The van der Waals surface area contributed by atoms with E-state index in [0.29, 0.717) is 24.9 Å². The van der Waals surface area contributed by atoms with Crippen molar-refractivity contribution in [2.45, 2.75) is 25.7 Å². The number of nitrogens with zero attached hydrogens (tertiary/aromatic N) is 1. The third-order valence-corrected chi connectivity index (χ3v) is 4.86. The first-order chi connectivity index (χ1) is 13.2. The fourth-order valence-corrected chi connectivity index (χ4v) is 3.38. The molecule has 0 bridgehead atoms. The summed E-state index contributed by atoms with van der Waals surface area (Å²) in [7, 11) is 1.63. The van der Waals surface area contributed by atoms with E-state index < -0.39 is 0 Å². The van der Waals surface area contributed by atoms with Crippen molar-refractivity contribution >= 4 is 11.8 Å². The van der Waals surface area contributed by atoms with Gasteiger partial charge in [0.1, 0.15) is 5.75 Å². The zero-order chi connectivity index (χ0) is 19.1. The zero-order valence-corrected chi connectivity index (χ0v) is 15.7. The molecule has 2 aromatic rings. The minimum Gasteiger partial charge on any atom is -0.497 e. The minimum atomic E-state index is -0.123. The summed E-state index contributed by atoms with van der Waals surface area (Å²) in [4.78, 5) is 26.6. The number of carbonyl (C=O) groups is 2. The van der Waals surface area contributed by atoms with Crippen LogP contribution in [0.1, 0.15) is 36.0 Å². The minimum absolute atomic E-state index is 0.123. The number of rotatable bonds is 7. The monoisotopic (exact) mass is 366 g/mol. The Balaban J connectivity index is 1.59. The molecule has 1 saturated heterocycles. The van der Waals surface area contributed by atoms with Crippen molar-refractivity contribution in [2.24, 2.45) is 0 Å². The highest BCUT2D eigenvalue weighted by Crippen LogP contribution is 2.27. The lowest BCUT2D eigenvalue weighted by atomic mass is 9.99. The topological polar surface area (TPSA) is 58.6 Å². The molecule has 5 nitrogen and oxygen atoms in total. The summed E-state index contributed by atoms with van der Waals surface area (Å²) in [5, 5.41) is 2.94. The van der Waals surface area contributed by atoms with Crippen LogP contribution in [0, 0.1) is 0 Å². The summed E-state index contributed by atoms with van der Waals surface area (Å²) < 4.78 is 5.28. The lowest BCUT2D eigenvalue weighted by molar-refractivity contribution is -0.130. The van der Waals surface area contributed by atoms with Crippen molar-refractivity contribution in [1.29, 1.82) is 0 Å². The summed E-state index contributed by atoms with van der Waals surface area (Å²) in [6.45, 7) is 2.24. The predicted molar refractivity (Wildman–Crippen MR) is 106 cm³/mol. The van der Waals surface area contributed by atoms with Crippen LogP contribution in [0.25, 0.3) is 11.1 Å². The Morgan fingerprint density at radius 3 is 2.63 bits per heavy atom. The van der Waals surface area contributed by atoms with Crippen LogP contribution in [0.15, 0.2) is 48.5 Å². The molecule has 1 heterocycles. The largest absolute Gasteiger partial charge is 0.497 e. The van der Waals surface area contributed by atoms with Gasteiger partial charge in [0, 0.05) is 31.6 Å². The highest BCUT2D eigenvalue weighted by molar-refractivity contribution is 6.01. The van der Waals surface area contributed by atoms with E-state index in [9.17, 15) is 9.59 Å². The van der Waals surface area contributed by atoms with Gasteiger partial charge in [0.05, 0.1) is 7.11 Å². The molecule has 0 spiro atoms. The molecule has 0 aromatic heterocycles. The van der Waals surface area contributed by atoms with E-state index in [1.165, 1.54) is 0 Å². The molecule has 2 aromatic carbocycles. The van der Waals surface area contributed by atoms with Crippen molar-refractivity contribution in [3.05, 3.63) is 54.1 Å². The summed E-state index contributed by atoms with van der Waals surface area (Å²) in [5.41, 5.74) is 2.42. The van der Waals surface area contributed by atoms with Gasteiger partial charge >= 0.3 is 0 Å². The number of hydrogen-bond acceptors (Lipinski definition) is 3. The Kier molecular flexibility index (Phi) is 6.47. The van der Waals surface area contributed by atoms with E-state index in [-0.39, 0.29) is 11.8 Å². The zero-order valence-electron chi connectivity index (χ0n) is 15.7. The Morgan fingerprint density at radius 1 is 1.07 bits per heavy atom. The quantitative estimate of drug-likeness (QED) is 0.763. The van der Waals surface area contributed by atoms with Gasteiger partial charge < -0.3 is 15.0 Å². The van der Waals surface area contributed by atoms with Crippen LogP contribution in [0.2, 0.25) is 0 Å². The molecule has 5 heteroatoms. The molecule has 1 aliphatic rings. The lowest BCUT2D eigenvalue weighted by Gasteiger charge is -2.15. The van der Waals surface area contributed by atoms with Gasteiger partial charge in [-0.25, -0.2) is 0 Å². The van der Waals surface area contributed by atoms with Crippen LogP contribution in [-0.2, 0) is 4.79 Å². The number of hydrogen-bond donors (Lipinski definition) is 1. The molecule has 0 saturated carbocycles. The van der Waals surface area contributed by atoms with E-state index in [0.717, 1.165) is 42.8 Å². The van der Waals surface area contributed by atoms with Gasteiger partial charge in [0.2, 0.25) is 5.91 Å². The summed E-state index contributed by atoms with van der Waals surface area (Å²) in [6, 6.07) is 15.2. The normalized spacial score (nSPS) is 13.4. The highest BCUT2D eigenvalue weighted by atomic mass is 16.5. The van der Waals surface area contributed by atoms with E-state index in [1.54, 1.807) is 7.11 Å². The first-order valence-electron chi connectivity index (χ1n) is 9.48. The van der Waals surface area contributed by atoms with Crippen molar-refractivity contribution in [3.8, 4) is 16.9 Å². The smallest absolute Gasteiger partial charge is 0.251 e. The summed E-state index contributed by atoms with van der Waals surface area (Å²) >= 11 is 0. The second-order valence-electron chi connectivity index (χ2n) is 6.72. The maximum Gasteiger partial charge on any atom is 0.251 e. The van der Waals surface area contributed by atoms with Gasteiger partial charge in [-0.3, -0.25) is 9.59 Å². The van der Waals surface area contributed by atoms with Crippen LogP contribution in [0.3, 0.4) is 0 Å².